The van der Waals surface area contributed by atoms with E-state index >= 15 is 0 Å². The monoisotopic (exact) mass is 198 g/mol. The highest BCUT2D eigenvalue weighted by Gasteiger charge is 2.08. The molecule has 0 saturated heterocycles. The first-order chi connectivity index (χ1) is 6.38. The van der Waals surface area contributed by atoms with Crippen LogP contribution < -0.4 is 5.73 Å². The number of aliphatic hydroxyl groups excluding tert-OH is 1. The van der Waals surface area contributed by atoms with Gasteiger partial charge in [0.25, 0.3) is 0 Å². The summed E-state index contributed by atoms with van der Waals surface area (Å²) in [6, 6.07) is 3.91. The largest absolute Gasteiger partial charge is 0.396 e. The summed E-state index contributed by atoms with van der Waals surface area (Å²) in [6.45, 7) is 0.776. The first kappa shape index (κ1) is 10.5. The molecule has 1 aromatic rings. The zero-order valence-corrected chi connectivity index (χ0v) is 8.20. The molecule has 0 spiro atoms. The van der Waals surface area contributed by atoms with Gasteiger partial charge in [-0.25, -0.2) is 0 Å². The summed E-state index contributed by atoms with van der Waals surface area (Å²) in [7, 11) is 0. The second kappa shape index (κ2) is 5.96. The molecule has 0 aliphatic carbocycles. The molecule has 0 aliphatic rings. The van der Waals surface area contributed by atoms with E-state index in [-0.39, 0.29) is 11.9 Å². The normalized spacial score (nSPS) is 12.8. The molecule has 3 N–H and O–H groups in total. The van der Waals surface area contributed by atoms with Crippen LogP contribution in [-0.2, 0) is 0 Å². The van der Waals surface area contributed by atoms with Gasteiger partial charge in [-0.2, -0.15) is 0 Å². The third-order valence-electron chi connectivity index (χ3n) is 1.68. The van der Waals surface area contributed by atoms with E-state index in [9.17, 15) is 0 Å². The van der Waals surface area contributed by atoms with Crippen molar-refractivity contribution < 1.29 is 5.11 Å². The Kier molecular flexibility index (Phi) is 4.82. The van der Waals surface area contributed by atoms with Gasteiger partial charge in [-0.1, -0.05) is 6.07 Å². The van der Waals surface area contributed by atoms with Gasteiger partial charge in [-0.05, 0) is 11.6 Å². The van der Waals surface area contributed by atoms with E-state index in [4.69, 9.17) is 10.8 Å². The fourth-order valence-electron chi connectivity index (χ4n) is 1.06. The number of nitrogens with two attached hydrogens (primary N) is 1. The Hall–Kier alpha value is -0.580. The molecule has 3 nitrogen and oxygen atoms in total. The predicted molar refractivity (Wildman–Crippen MR) is 55.6 cm³/mol. The molecule has 1 unspecified atom stereocenters. The molecular weight excluding hydrogens is 184 g/mol. The van der Waals surface area contributed by atoms with Gasteiger partial charge < -0.3 is 10.8 Å². The number of thioether (sulfide) groups is 1. The number of aliphatic hydroxyl groups is 1. The number of pyridine rings is 1. The van der Waals surface area contributed by atoms with Crippen molar-refractivity contribution in [2.75, 3.05) is 18.9 Å². The minimum atomic E-state index is 0.196. The van der Waals surface area contributed by atoms with Gasteiger partial charge >= 0.3 is 0 Å². The smallest absolute Gasteiger partial charge is 0.0521 e. The maximum Gasteiger partial charge on any atom is 0.0521 e. The van der Waals surface area contributed by atoms with Crippen LogP contribution in [0.1, 0.15) is 10.8 Å². The van der Waals surface area contributed by atoms with E-state index in [1.165, 1.54) is 0 Å². The summed E-state index contributed by atoms with van der Waals surface area (Å²) in [5.74, 6) is 0.719. The van der Waals surface area contributed by atoms with Crippen LogP contribution >= 0.6 is 11.8 Å². The highest BCUT2D eigenvalue weighted by Crippen LogP contribution is 2.26. The molecule has 0 bridgehead atoms. The summed E-state index contributed by atoms with van der Waals surface area (Å²) in [6.07, 6.45) is 3.57. The van der Waals surface area contributed by atoms with Crippen LogP contribution in [0, 0.1) is 0 Å². The third kappa shape index (κ3) is 3.34. The van der Waals surface area contributed by atoms with E-state index in [2.05, 4.69) is 4.98 Å². The maximum absolute atomic E-state index is 8.68. The molecule has 0 amide bonds. The summed E-state index contributed by atoms with van der Waals surface area (Å²) >= 11 is 1.66. The van der Waals surface area contributed by atoms with Crippen LogP contribution in [0.4, 0.5) is 0 Å². The molecule has 1 heterocycles. The SMILES string of the molecule is NCC(SCCO)c1cccnc1. The van der Waals surface area contributed by atoms with Crippen LogP contribution in [0.2, 0.25) is 0 Å². The third-order valence-corrected chi connectivity index (χ3v) is 2.97. The lowest BCUT2D eigenvalue weighted by atomic mass is 10.2. The highest BCUT2D eigenvalue weighted by atomic mass is 32.2. The Morgan fingerprint density at radius 2 is 2.46 bits per heavy atom. The molecule has 72 valence electrons. The van der Waals surface area contributed by atoms with Crippen LogP contribution in [-0.4, -0.2) is 29.0 Å². The average molecular weight is 198 g/mol. The number of hydrogen-bond acceptors (Lipinski definition) is 4. The molecule has 4 heteroatoms. The van der Waals surface area contributed by atoms with E-state index in [0.29, 0.717) is 6.54 Å². The van der Waals surface area contributed by atoms with Gasteiger partial charge in [-0.15, -0.1) is 11.8 Å². The maximum atomic E-state index is 8.68. The van der Waals surface area contributed by atoms with Gasteiger partial charge in [0.15, 0.2) is 0 Å². The minimum absolute atomic E-state index is 0.196. The molecule has 13 heavy (non-hydrogen) atoms. The van der Waals surface area contributed by atoms with E-state index in [1.807, 2.05) is 18.3 Å². The molecule has 1 atom stereocenters. The highest BCUT2D eigenvalue weighted by molar-refractivity contribution is 7.99. The topological polar surface area (TPSA) is 59.1 Å². The fraction of sp³-hybridized carbons (Fsp3) is 0.444. The quantitative estimate of drug-likeness (QED) is 0.735. The molecule has 0 fully saturated rings. The zero-order chi connectivity index (χ0) is 9.52. The molecule has 0 aliphatic heterocycles. The second-order valence-electron chi connectivity index (χ2n) is 2.61. The molecule has 0 aromatic carbocycles. The number of nitrogens with zero attached hydrogens (tertiary/aromatic N) is 1. The van der Waals surface area contributed by atoms with Crippen molar-refractivity contribution in [3.63, 3.8) is 0 Å². The van der Waals surface area contributed by atoms with Gasteiger partial charge in [0, 0.05) is 29.9 Å². The van der Waals surface area contributed by atoms with E-state index in [1.54, 1.807) is 18.0 Å². The summed E-state index contributed by atoms with van der Waals surface area (Å²) in [5.41, 5.74) is 6.74. The van der Waals surface area contributed by atoms with Crippen LogP contribution in [0.5, 0.6) is 0 Å². The van der Waals surface area contributed by atoms with Crippen LogP contribution in [0.15, 0.2) is 24.5 Å². The van der Waals surface area contributed by atoms with E-state index < -0.39 is 0 Å². The van der Waals surface area contributed by atoms with Crippen molar-refractivity contribution in [3.05, 3.63) is 30.1 Å². The number of rotatable bonds is 5. The Morgan fingerprint density at radius 1 is 1.62 bits per heavy atom. The number of hydrogen-bond donors (Lipinski definition) is 2. The Morgan fingerprint density at radius 3 is 3.00 bits per heavy atom. The van der Waals surface area contributed by atoms with Crippen molar-refractivity contribution in [2.45, 2.75) is 5.25 Å². The Labute approximate surface area is 82.4 Å². The first-order valence-electron chi connectivity index (χ1n) is 4.21. The summed E-state index contributed by atoms with van der Waals surface area (Å²) in [5, 5.41) is 8.93. The lowest BCUT2D eigenvalue weighted by molar-refractivity contribution is 0.322. The average Bonchev–Trinajstić information content (AvgIpc) is 2.21. The van der Waals surface area contributed by atoms with Gasteiger partial charge in [0.1, 0.15) is 0 Å². The van der Waals surface area contributed by atoms with Gasteiger partial charge in [0.2, 0.25) is 0 Å². The van der Waals surface area contributed by atoms with Crippen LogP contribution in [0.25, 0.3) is 0 Å². The lowest BCUT2D eigenvalue weighted by Crippen LogP contribution is -2.10. The standard InChI is InChI=1S/C9H14N2OS/c10-6-9(13-5-4-12)8-2-1-3-11-7-8/h1-3,7,9,12H,4-6,10H2. The zero-order valence-electron chi connectivity index (χ0n) is 7.39. The van der Waals surface area contributed by atoms with Gasteiger partial charge in [0.05, 0.1) is 6.61 Å². The van der Waals surface area contributed by atoms with Crippen LogP contribution in [0.3, 0.4) is 0 Å². The second-order valence-corrected chi connectivity index (χ2v) is 3.92. The minimum Gasteiger partial charge on any atom is -0.396 e. The lowest BCUT2D eigenvalue weighted by Gasteiger charge is -2.12. The first-order valence-corrected chi connectivity index (χ1v) is 5.25. The van der Waals surface area contributed by atoms with Crippen molar-refractivity contribution in [1.29, 1.82) is 0 Å². The Bertz CT molecular complexity index is 230. The number of aromatic nitrogens is 1. The van der Waals surface area contributed by atoms with Crippen molar-refractivity contribution in [1.82, 2.24) is 4.98 Å². The molecule has 0 radical (unpaired) electrons. The predicted octanol–water partition coefficient (Wildman–Crippen LogP) is 0.807. The Balaban J connectivity index is 2.56. The van der Waals surface area contributed by atoms with Gasteiger partial charge in [-0.3, -0.25) is 4.98 Å². The molecular formula is C9H14N2OS. The van der Waals surface area contributed by atoms with E-state index in [0.717, 1.165) is 11.3 Å². The van der Waals surface area contributed by atoms with Crippen molar-refractivity contribution >= 4 is 11.8 Å². The molecule has 0 saturated carbocycles. The van der Waals surface area contributed by atoms with Crippen molar-refractivity contribution in [2.24, 2.45) is 5.73 Å². The summed E-state index contributed by atoms with van der Waals surface area (Å²) < 4.78 is 0. The fourth-order valence-corrected chi connectivity index (χ4v) is 1.92. The molecule has 1 aromatic heterocycles. The van der Waals surface area contributed by atoms with Crippen molar-refractivity contribution in [3.8, 4) is 0 Å². The summed E-state index contributed by atoms with van der Waals surface area (Å²) in [4.78, 5) is 4.03. The molecule has 1 rings (SSSR count).